The van der Waals surface area contributed by atoms with Crippen molar-refractivity contribution in [2.24, 2.45) is 0 Å². The molecular formula is C14H19N3O2S2. The summed E-state index contributed by atoms with van der Waals surface area (Å²) in [4.78, 5) is 17.0. The third kappa shape index (κ3) is 4.26. The predicted octanol–water partition coefficient (Wildman–Crippen LogP) is 2.86. The van der Waals surface area contributed by atoms with Gasteiger partial charge < -0.3 is 15.7 Å². The molecule has 0 aromatic carbocycles. The number of hydrogen-bond acceptors (Lipinski definition) is 5. The third-order valence-corrected chi connectivity index (χ3v) is 5.12. The standard InChI is InChI=1S/C14H19N3O2S2/c1-3-10(12-15-6-8-21-12)17-13(18)16-9-14(2,19)11-5-4-7-20-11/h4-8,10,19H,3,9H2,1-2H3,(H2,16,17,18). The van der Waals surface area contributed by atoms with Crippen molar-refractivity contribution in [1.29, 1.82) is 0 Å². The SMILES string of the molecule is CCC(NC(=O)NCC(C)(O)c1cccs1)c1nccs1. The molecule has 0 aliphatic rings. The summed E-state index contributed by atoms with van der Waals surface area (Å²) in [5, 5.41) is 20.6. The number of nitrogens with one attached hydrogen (secondary N) is 2. The third-order valence-electron chi connectivity index (χ3n) is 3.11. The van der Waals surface area contributed by atoms with Crippen molar-refractivity contribution in [3.63, 3.8) is 0 Å². The number of carbonyl (C=O) groups excluding carboxylic acids is 1. The second kappa shape index (κ2) is 7.02. The van der Waals surface area contributed by atoms with Crippen molar-refractivity contribution in [2.45, 2.75) is 31.9 Å². The highest BCUT2D eigenvalue weighted by Gasteiger charge is 2.25. The summed E-state index contributed by atoms with van der Waals surface area (Å²) in [7, 11) is 0. The van der Waals surface area contributed by atoms with Gasteiger partial charge in [0, 0.05) is 16.5 Å². The fourth-order valence-corrected chi connectivity index (χ4v) is 3.44. The summed E-state index contributed by atoms with van der Waals surface area (Å²) in [6.07, 6.45) is 2.49. The summed E-state index contributed by atoms with van der Waals surface area (Å²) in [6, 6.07) is 3.34. The van der Waals surface area contributed by atoms with Gasteiger partial charge in [0.05, 0.1) is 12.6 Å². The molecule has 0 saturated heterocycles. The molecule has 0 bridgehead atoms. The summed E-state index contributed by atoms with van der Waals surface area (Å²) in [5.74, 6) is 0. The van der Waals surface area contributed by atoms with Crippen LogP contribution in [-0.2, 0) is 5.60 Å². The first-order chi connectivity index (χ1) is 10.0. The average Bonchev–Trinajstić information content (AvgIpc) is 3.14. The van der Waals surface area contributed by atoms with Gasteiger partial charge in [0.15, 0.2) is 0 Å². The molecule has 114 valence electrons. The van der Waals surface area contributed by atoms with Crippen LogP contribution in [0.25, 0.3) is 0 Å². The lowest BCUT2D eigenvalue weighted by atomic mass is 10.1. The number of rotatable bonds is 6. The topological polar surface area (TPSA) is 74.2 Å². The smallest absolute Gasteiger partial charge is 0.315 e. The van der Waals surface area contributed by atoms with Crippen LogP contribution in [-0.4, -0.2) is 22.7 Å². The first-order valence-corrected chi connectivity index (χ1v) is 8.49. The van der Waals surface area contributed by atoms with Crippen molar-refractivity contribution in [3.8, 4) is 0 Å². The molecule has 2 amide bonds. The Labute approximate surface area is 132 Å². The number of aromatic nitrogens is 1. The monoisotopic (exact) mass is 325 g/mol. The van der Waals surface area contributed by atoms with E-state index >= 15 is 0 Å². The first kappa shape index (κ1) is 15.9. The first-order valence-electron chi connectivity index (χ1n) is 6.73. The Balaban J connectivity index is 1.87. The van der Waals surface area contributed by atoms with Crippen LogP contribution in [0.5, 0.6) is 0 Å². The largest absolute Gasteiger partial charge is 0.383 e. The van der Waals surface area contributed by atoms with E-state index in [1.54, 1.807) is 13.1 Å². The second-order valence-electron chi connectivity index (χ2n) is 4.91. The maximum Gasteiger partial charge on any atom is 0.315 e. The van der Waals surface area contributed by atoms with E-state index in [0.717, 1.165) is 16.3 Å². The van der Waals surface area contributed by atoms with E-state index in [2.05, 4.69) is 15.6 Å². The molecule has 0 aliphatic carbocycles. The molecule has 2 heterocycles. The van der Waals surface area contributed by atoms with Crippen LogP contribution < -0.4 is 10.6 Å². The van der Waals surface area contributed by atoms with Crippen molar-refractivity contribution < 1.29 is 9.90 Å². The van der Waals surface area contributed by atoms with Gasteiger partial charge in [-0.15, -0.1) is 22.7 Å². The van der Waals surface area contributed by atoms with Crippen LogP contribution in [0.3, 0.4) is 0 Å². The minimum atomic E-state index is -1.06. The van der Waals surface area contributed by atoms with E-state index in [4.69, 9.17) is 0 Å². The Morgan fingerprint density at radius 1 is 1.48 bits per heavy atom. The Morgan fingerprint density at radius 2 is 2.29 bits per heavy atom. The van der Waals surface area contributed by atoms with E-state index in [1.807, 2.05) is 29.8 Å². The minimum absolute atomic E-state index is 0.100. The Morgan fingerprint density at radius 3 is 2.86 bits per heavy atom. The van der Waals surface area contributed by atoms with Crippen molar-refractivity contribution in [1.82, 2.24) is 15.6 Å². The van der Waals surface area contributed by atoms with Crippen LogP contribution in [0, 0.1) is 0 Å². The molecule has 7 heteroatoms. The lowest BCUT2D eigenvalue weighted by Gasteiger charge is -2.23. The fraction of sp³-hybridized carbons (Fsp3) is 0.429. The molecule has 2 unspecified atom stereocenters. The Kier molecular flexibility index (Phi) is 5.33. The highest BCUT2D eigenvalue weighted by molar-refractivity contribution is 7.10. The predicted molar refractivity (Wildman–Crippen MR) is 85.6 cm³/mol. The number of thiazole rings is 1. The zero-order valence-corrected chi connectivity index (χ0v) is 13.6. The summed E-state index contributed by atoms with van der Waals surface area (Å²) < 4.78 is 0. The second-order valence-corrected chi connectivity index (χ2v) is 6.78. The van der Waals surface area contributed by atoms with E-state index in [1.165, 1.54) is 22.7 Å². The zero-order chi connectivity index (χ0) is 15.3. The van der Waals surface area contributed by atoms with Crippen LogP contribution in [0.4, 0.5) is 4.79 Å². The number of thiophene rings is 1. The molecule has 2 rings (SSSR count). The van der Waals surface area contributed by atoms with Gasteiger partial charge >= 0.3 is 6.03 Å². The van der Waals surface area contributed by atoms with E-state index in [0.29, 0.717) is 0 Å². The molecule has 3 N–H and O–H groups in total. The normalized spacial score (nSPS) is 15.2. The molecular weight excluding hydrogens is 306 g/mol. The van der Waals surface area contributed by atoms with Gasteiger partial charge in [-0.2, -0.15) is 0 Å². The Bertz CT molecular complexity index is 553. The van der Waals surface area contributed by atoms with E-state index in [9.17, 15) is 9.90 Å². The lowest BCUT2D eigenvalue weighted by Crippen LogP contribution is -2.44. The van der Waals surface area contributed by atoms with E-state index in [-0.39, 0.29) is 18.6 Å². The summed E-state index contributed by atoms with van der Waals surface area (Å²) in [5.41, 5.74) is -1.06. The van der Waals surface area contributed by atoms with Crippen LogP contribution in [0.2, 0.25) is 0 Å². The Hall–Kier alpha value is -1.44. The van der Waals surface area contributed by atoms with Gasteiger partial charge in [0.2, 0.25) is 0 Å². The molecule has 2 atom stereocenters. The number of aliphatic hydroxyl groups is 1. The van der Waals surface area contributed by atoms with Crippen LogP contribution in [0.1, 0.15) is 36.2 Å². The maximum absolute atomic E-state index is 12.0. The minimum Gasteiger partial charge on any atom is -0.383 e. The molecule has 2 aromatic heterocycles. The molecule has 0 saturated carbocycles. The molecule has 2 aromatic rings. The van der Waals surface area contributed by atoms with Crippen molar-refractivity contribution in [3.05, 3.63) is 39.0 Å². The van der Waals surface area contributed by atoms with Gasteiger partial charge in [0.1, 0.15) is 10.6 Å². The van der Waals surface area contributed by atoms with Crippen molar-refractivity contribution >= 4 is 28.7 Å². The average molecular weight is 325 g/mol. The highest BCUT2D eigenvalue weighted by atomic mass is 32.1. The van der Waals surface area contributed by atoms with Crippen molar-refractivity contribution in [2.75, 3.05) is 6.54 Å². The molecule has 5 nitrogen and oxygen atoms in total. The van der Waals surface area contributed by atoms with Gasteiger partial charge in [-0.05, 0) is 24.8 Å². The van der Waals surface area contributed by atoms with Crippen LogP contribution >= 0.6 is 22.7 Å². The number of hydrogen-bond donors (Lipinski definition) is 3. The number of amides is 2. The number of nitrogens with zero attached hydrogens (tertiary/aromatic N) is 1. The van der Waals surface area contributed by atoms with Crippen LogP contribution in [0.15, 0.2) is 29.1 Å². The molecule has 0 fully saturated rings. The molecule has 0 aliphatic heterocycles. The number of carbonyl (C=O) groups is 1. The fourth-order valence-electron chi connectivity index (χ4n) is 1.88. The van der Waals surface area contributed by atoms with E-state index < -0.39 is 5.60 Å². The summed E-state index contributed by atoms with van der Waals surface area (Å²) in [6.45, 7) is 3.85. The summed E-state index contributed by atoms with van der Waals surface area (Å²) >= 11 is 2.99. The molecule has 0 spiro atoms. The van der Waals surface area contributed by atoms with Gasteiger partial charge in [-0.3, -0.25) is 0 Å². The zero-order valence-electron chi connectivity index (χ0n) is 12.0. The molecule has 0 radical (unpaired) electrons. The van der Waals surface area contributed by atoms with Gasteiger partial charge in [0.25, 0.3) is 0 Å². The number of urea groups is 1. The van der Waals surface area contributed by atoms with Gasteiger partial charge in [-0.25, -0.2) is 9.78 Å². The van der Waals surface area contributed by atoms with Gasteiger partial charge in [-0.1, -0.05) is 13.0 Å². The quantitative estimate of drug-likeness (QED) is 0.764. The molecule has 21 heavy (non-hydrogen) atoms. The highest BCUT2D eigenvalue weighted by Crippen LogP contribution is 2.24. The lowest BCUT2D eigenvalue weighted by molar-refractivity contribution is 0.0630. The maximum atomic E-state index is 12.0.